The molecule has 0 spiro atoms. The van der Waals surface area contributed by atoms with E-state index in [2.05, 4.69) is 10.6 Å². The van der Waals surface area contributed by atoms with Gasteiger partial charge in [0, 0.05) is 35.4 Å². The molecule has 0 radical (unpaired) electrons. The van der Waals surface area contributed by atoms with Gasteiger partial charge < -0.3 is 16.4 Å². The predicted molar refractivity (Wildman–Crippen MR) is 81.9 cm³/mol. The van der Waals surface area contributed by atoms with Crippen LogP contribution < -0.4 is 16.4 Å². The molecule has 0 saturated heterocycles. The van der Waals surface area contributed by atoms with Gasteiger partial charge in [0.05, 0.1) is 0 Å². The van der Waals surface area contributed by atoms with E-state index in [1.54, 1.807) is 18.2 Å². The largest absolute Gasteiger partial charge is 0.398 e. The van der Waals surface area contributed by atoms with Gasteiger partial charge in [0.15, 0.2) is 5.78 Å². The average Bonchev–Trinajstić information content (AvgIpc) is 2.25. The fourth-order valence-corrected chi connectivity index (χ4v) is 1.79. The van der Waals surface area contributed by atoms with E-state index >= 15 is 0 Å². The van der Waals surface area contributed by atoms with Crippen LogP contribution >= 0.6 is 0 Å². The highest BCUT2D eigenvalue weighted by Crippen LogP contribution is 2.18. The molecule has 4 N–H and O–H groups in total. The molecular weight excluding hydrogens is 254 g/mol. The van der Waals surface area contributed by atoms with E-state index in [0.29, 0.717) is 24.2 Å². The fourth-order valence-electron chi connectivity index (χ4n) is 1.79. The maximum atomic E-state index is 11.6. The molecule has 5 heteroatoms. The van der Waals surface area contributed by atoms with Crippen LogP contribution in [0.2, 0.25) is 0 Å². The third kappa shape index (κ3) is 5.30. The van der Waals surface area contributed by atoms with Crippen LogP contribution in [0.4, 0.5) is 11.4 Å². The summed E-state index contributed by atoms with van der Waals surface area (Å²) in [7, 11) is 0. The number of nitrogen functional groups attached to an aromatic ring is 1. The minimum absolute atomic E-state index is 0.00155. The molecule has 0 aliphatic carbocycles. The molecule has 20 heavy (non-hydrogen) atoms. The second kappa shape index (κ2) is 6.41. The lowest BCUT2D eigenvalue weighted by Crippen LogP contribution is -2.41. The van der Waals surface area contributed by atoms with E-state index in [1.165, 1.54) is 6.92 Å². The summed E-state index contributed by atoms with van der Waals surface area (Å²) in [5, 5.41) is 6.01. The number of benzene rings is 1. The number of amides is 1. The molecule has 1 amide bonds. The maximum Gasteiger partial charge on any atom is 0.222 e. The van der Waals surface area contributed by atoms with Gasteiger partial charge in [-0.2, -0.15) is 0 Å². The molecule has 0 bridgehead atoms. The summed E-state index contributed by atoms with van der Waals surface area (Å²) in [6, 6.07) is 5.18. The van der Waals surface area contributed by atoms with Gasteiger partial charge >= 0.3 is 0 Å². The van der Waals surface area contributed by atoms with Gasteiger partial charge in [-0.05, 0) is 45.9 Å². The number of nitrogens with one attached hydrogen (secondary N) is 2. The number of ketones is 1. The Hall–Kier alpha value is -2.04. The fraction of sp³-hybridized carbons (Fsp3) is 0.467. The van der Waals surface area contributed by atoms with Crippen molar-refractivity contribution in [2.75, 3.05) is 17.6 Å². The predicted octanol–water partition coefficient (Wildman–Crippen LogP) is 2.19. The summed E-state index contributed by atoms with van der Waals surface area (Å²) < 4.78 is 0. The third-order valence-corrected chi connectivity index (χ3v) is 2.63. The number of carbonyl (C=O) groups is 2. The van der Waals surface area contributed by atoms with Gasteiger partial charge in [0.2, 0.25) is 5.91 Å². The molecule has 1 aromatic rings. The lowest BCUT2D eigenvalue weighted by molar-refractivity contribution is -0.122. The standard InChI is InChI=1S/C15H23N3O2/c1-10(19)12-6-5-11(9-13(12)16)17-8-7-14(20)18-15(2,3)4/h5-6,9,17H,7-8,16H2,1-4H3,(H,18,20). The molecule has 0 aliphatic rings. The third-order valence-electron chi connectivity index (χ3n) is 2.63. The van der Waals surface area contributed by atoms with Crippen LogP contribution in [0.25, 0.3) is 0 Å². The number of hydrogen-bond acceptors (Lipinski definition) is 4. The molecule has 0 unspecified atom stereocenters. The first-order valence-corrected chi connectivity index (χ1v) is 6.64. The zero-order valence-electron chi connectivity index (χ0n) is 12.5. The molecule has 0 saturated carbocycles. The molecule has 5 nitrogen and oxygen atoms in total. The van der Waals surface area contributed by atoms with E-state index in [4.69, 9.17) is 5.73 Å². The first kappa shape index (κ1) is 16.0. The number of hydrogen-bond donors (Lipinski definition) is 3. The summed E-state index contributed by atoms with van der Waals surface area (Å²) in [5.74, 6) is -0.0584. The van der Waals surface area contributed by atoms with Gasteiger partial charge in [-0.1, -0.05) is 0 Å². The van der Waals surface area contributed by atoms with Crippen molar-refractivity contribution < 1.29 is 9.59 Å². The van der Waals surface area contributed by atoms with Gasteiger partial charge in [0.25, 0.3) is 0 Å². The summed E-state index contributed by atoms with van der Waals surface area (Å²) in [4.78, 5) is 22.9. The molecule has 1 rings (SSSR count). The van der Waals surface area contributed by atoms with E-state index in [0.717, 1.165) is 5.69 Å². The Morgan fingerprint density at radius 3 is 2.40 bits per heavy atom. The van der Waals surface area contributed by atoms with E-state index in [1.807, 2.05) is 20.8 Å². The number of carbonyl (C=O) groups excluding carboxylic acids is 2. The average molecular weight is 277 g/mol. The van der Waals surface area contributed by atoms with Crippen molar-refractivity contribution in [1.29, 1.82) is 0 Å². The second-order valence-electron chi connectivity index (χ2n) is 5.83. The van der Waals surface area contributed by atoms with Crippen LogP contribution in [0.3, 0.4) is 0 Å². The van der Waals surface area contributed by atoms with Gasteiger partial charge in [-0.3, -0.25) is 9.59 Å². The van der Waals surface area contributed by atoms with Crippen LogP contribution in [-0.2, 0) is 4.79 Å². The zero-order valence-corrected chi connectivity index (χ0v) is 12.5. The Labute approximate surface area is 119 Å². The molecular formula is C15H23N3O2. The van der Waals surface area contributed by atoms with Crippen LogP contribution in [0, 0.1) is 0 Å². The first-order valence-electron chi connectivity index (χ1n) is 6.64. The highest BCUT2D eigenvalue weighted by molar-refractivity contribution is 5.99. The van der Waals surface area contributed by atoms with Crippen LogP contribution in [0.1, 0.15) is 44.5 Å². The minimum Gasteiger partial charge on any atom is -0.398 e. The van der Waals surface area contributed by atoms with Crippen molar-refractivity contribution in [3.8, 4) is 0 Å². The van der Waals surface area contributed by atoms with Gasteiger partial charge in [0.1, 0.15) is 0 Å². The topological polar surface area (TPSA) is 84.2 Å². The van der Waals surface area contributed by atoms with E-state index < -0.39 is 0 Å². The number of Topliss-reactive ketones (excluding diaryl/α,β-unsaturated/α-hetero) is 1. The molecule has 1 aromatic carbocycles. The molecule has 0 atom stereocenters. The monoisotopic (exact) mass is 277 g/mol. The lowest BCUT2D eigenvalue weighted by Gasteiger charge is -2.20. The van der Waals surface area contributed by atoms with Crippen molar-refractivity contribution in [3.63, 3.8) is 0 Å². The Kier molecular flexibility index (Phi) is 5.13. The van der Waals surface area contributed by atoms with Crippen LogP contribution in [0.5, 0.6) is 0 Å². The number of rotatable bonds is 5. The maximum absolute atomic E-state index is 11.6. The Bertz CT molecular complexity index is 504. The van der Waals surface area contributed by atoms with E-state index in [9.17, 15) is 9.59 Å². The van der Waals surface area contributed by atoms with Crippen molar-refractivity contribution in [2.45, 2.75) is 39.7 Å². The van der Waals surface area contributed by atoms with Crippen molar-refractivity contribution in [2.24, 2.45) is 0 Å². The zero-order chi connectivity index (χ0) is 15.3. The lowest BCUT2D eigenvalue weighted by atomic mass is 10.1. The van der Waals surface area contributed by atoms with Crippen molar-refractivity contribution in [1.82, 2.24) is 5.32 Å². The van der Waals surface area contributed by atoms with Gasteiger partial charge in [-0.15, -0.1) is 0 Å². The number of anilines is 2. The molecule has 110 valence electrons. The Balaban J connectivity index is 2.49. The van der Waals surface area contributed by atoms with Crippen LogP contribution in [-0.4, -0.2) is 23.8 Å². The summed E-state index contributed by atoms with van der Waals surface area (Å²) in [5.41, 5.74) is 7.34. The number of nitrogens with two attached hydrogens (primary N) is 1. The normalized spacial score (nSPS) is 11.0. The molecule has 0 aliphatic heterocycles. The Morgan fingerprint density at radius 2 is 1.90 bits per heavy atom. The van der Waals surface area contributed by atoms with Gasteiger partial charge in [-0.25, -0.2) is 0 Å². The first-order chi connectivity index (χ1) is 9.19. The SMILES string of the molecule is CC(=O)c1ccc(NCCC(=O)NC(C)(C)C)cc1N. The minimum atomic E-state index is -0.218. The molecule has 0 aromatic heterocycles. The summed E-state index contributed by atoms with van der Waals surface area (Å²) >= 11 is 0. The smallest absolute Gasteiger partial charge is 0.222 e. The van der Waals surface area contributed by atoms with Crippen molar-refractivity contribution >= 4 is 23.1 Å². The van der Waals surface area contributed by atoms with Crippen molar-refractivity contribution in [3.05, 3.63) is 23.8 Å². The quantitative estimate of drug-likeness (QED) is 0.569. The molecule has 0 heterocycles. The summed E-state index contributed by atoms with van der Waals surface area (Å²) in [6.07, 6.45) is 0.381. The second-order valence-corrected chi connectivity index (χ2v) is 5.83. The molecule has 0 fully saturated rings. The highest BCUT2D eigenvalue weighted by Gasteiger charge is 2.13. The van der Waals surface area contributed by atoms with Crippen LogP contribution in [0.15, 0.2) is 18.2 Å². The summed E-state index contributed by atoms with van der Waals surface area (Å²) in [6.45, 7) is 7.83. The highest BCUT2D eigenvalue weighted by atomic mass is 16.1. The van der Waals surface area contributed by atoms with E-state index in [-0.39, 0.29) is 17.2 Å². The Morgan fingerprint density at radius 1 is 1.25 bits per heavy atom.